The predicted molar refractivity (Wildman–Crippen MR) is 101 cm³/mol. The van der Waals surface area contributed by atoms with Crippen molar-refractivity contribution >= 4 is 0 Å². The highest BCUT2D eigenvalue weighted by Crippen LogP contribution is 2.39. The van der Waals surface area contributed by atoms with Crippen LogP contribution in [0, 0.1) is 18.7 Å². The quantitative estimate of drug-likeness (QED) is 0.700. The van der Waals surface area contributed by atoms with E-state index in [1.807, 2.05) is 24.0 Å². The SMILES string of the molecule is Cc1c(CN2CC3(CC(CCOCc4ccccc4F)CO3)C2)cnn1C. The largest absolute Gasteiger partial charge is 0.377 e. The van der Waals surface area contributed by atoms with Gasteiger partial charge in [0.25, 0.3) is 0 Å². The summed E-state index contributed by atoms with van der Waals surface area (Å²) >= 11 is 0. The highest BCUT2D eigenvalue weighted by Gasteiger charge is 2.49. The third-order valence-corrected chi connectivity index (χ3v) is 5.93. The molecule has 4 rings (SSSR count). The molecule has 1 unspecified atom stereocenters. The maximum atomic E-state index is 13.6. The molecule has 2 fully saturated rings. The van der Waals surface area contributed by atoms with E-state index in [9.17, 15) is 4.39 Å². The van der Waals surface area contributed by atoms with E-state index in [2.05, 4.69) is 16.9 Å². The molecule has 6 heteroatoms. The van der Waals surface area contributed by atoms with Crippen molar-refractivity contribution in [2.75, 3.05) is 26.3 Å². The van der Waals surface area contributed by atoms with Crippen molar-refractivity contribution in [3.05, 3.63) is 53.1 Å². The average molecular weight is 373 g/mol. The lowest BCUT2D eigenvalue weighted by Gasteiger charge is -2.47. The van der Waals surface area contributed by atoms with Gasteiger partial charge in [-0.3, -0.25) is 9.58 Å². The Balaban J connectivity index is 1.17. The van der Waals surface area contributed by atoms with Crippen molar-refractivity contribution in [2.24, 2.45) is 13.0 Å². The normalized spacial score (nSPS) is 21.7. The van der Waals surface area contributed by atoms with Gasteiger partial charge >= 0.3 is 0 Å². The first-order valence-electron chi connectivity index (χ1n) is 9.70. The van der Waals surface area contributed by atoms with Gasteiger partial charge in [0.2, 0.25) is 0 Å². The molecule has 0 amide bonds. The van der Waals surface area contributed by atoms with E-state index < -0.39 is 0 Å². The number of rotatable bonds is 7. The van der Waals surface area contributed by atoms with Gasteiger partial charge in [-0.2, -0.15) is 5.10 Å². The topological polar surface area (TPSA) is 39.5 Å². The molecular formula is C21H28FN3O2. The molecule has 2 aliphatic heterocycles. The number of nitrogens with zero attached hydrogens (tertiary/aromatic N) is 3. The molecule has 1 atom stereocenters. The van der Waals surface area contributed by atoms with Crippen LogP contribution in [0.4, 0.5) is 4.39 Å². The van der Waals surface area contributed by atoms with Crippen LogP contribution < -0.4 is 0 Å². The zero-order chi connectivity index (χ0) is 18.9. The number of halogens is 1. The molecule has 1 aromatic heterocycles. The number of hydrogen-bond acceptors (Lipinski definition) is 4. The first kappa shape index (κ1) is 18.6. The van der Waals surface area contributed by atoms with E-state index in [4.69, 9.17) is 9.47 Å². The molecule has 27 heavy (non-hydrogen) atoms. The lowest BCUT2D eigenvalue weighted by Crippen LogP contribution is -2.60. The van der Waals surface area contributed by atoms with Gasteiger partial charge in [0.05, 0.1) is 25.0 Å². The zero-order valence-electron chi connectivity index (χ0n) is 16.2. The Morgan fingerprint density at radius 3 is 2.85 bits per heavy atom. The number of likely N-dealkylation sites (tertiary alicyclic amines) is 1. The van der Waals surface area contributed by atoms with Crippen LogP contribution in [0.5, 0.6) is 0 Å². The fraction of sp³-hybridized carbons (Fsp3) is 0.571. The average Bonchev–Trinajstić information content (AvgIpc) is 3.19. The Morgan fingerprint density at radius 1 is 1.30 bits per heavy atom. The summed E-state index contributed by atoms with van der Waals surface area (Å²) < 4.78 is 27.3. The summed E-state index contributed by atoms with van der Waals surface area (Å²) in [4.78, 5) is 2.43. The lowest BCUT2D eigenvalue weighted by molar-refractivity contribution is -0.114. The molecule has 2 aliphatic rings. The molecule has 5 nitrogen and oxygen atoms in total. The summed E-state index contributed by atoms with van der Waals surface area (Å²) in [6, 6.07) is 6.79. The van der Waals surface area contributed by atoms with Gasteiger partial charge in [-0.15, -0.1) is 0 Å². The van der Waals surface area contributed by atoms with Crippen LogP contribution >= 0.6 is 0 Å². The van der Waals surface area contributed by atoms with Crippen LogP contribution in [-0.4, -0.2) is 46.6 Å². The van der Waals surface area contributed by atoms with Crippen LogP contribution in [0.15, 0.2) is 30.5 Å². The standard InChI is InChI=1S/C21H28FN3O2/c1-16-19(10-23-24(16)2)11-25-14-21(15-25)9-17(12-27-21)7-8-26-13-18-5-3-4-6-20(18)22/h3-6,10,17H,7-9,11-15H2,1-2H3. The monoisotopic (exact) mass is 373 g/mol. The molecule has 0 N–H and O–H groups in total. The van der Waals surface area contributed by atoms with E-state index >= 15 is 0 Å². The van der Waals surface area contributed by atoms with E-state index in [1.165, 1.54) is 17.3 Å². The van der Waals surface area contributed by atoms with Gasteiger partial charge in [0.1, 0.15) is 5.82 Å². The molecule has 0 radical (unpaired) electrons. The minimum atomic E-state index is -0.195. The van der Waals surface area contributed by atoms with Crippen molar-refractivity contribution in [1.82, 2.24) is 14.7 Å². The van der Waals surface area contributed by atoms with Gasteiger partial charge in [0.15, 0.2) is 0 Å². The first-order valence-corrected chi connectivity index (χ1v) is 9.70. The maximum absolute atomic E-state index is 13.6. The molecule has 0 saturated carbocycles. The van der Waals surface area contributed by atoms with Crippen LogP contribution in [0.3, 0.4) is 0 Å². The second-order valence-electron chi connectivity index (χ2n) is 8.02. The highest BCUT2D eigenvalue weighted by atomic mass is 19.1. The van der Waals surface area contributed by atoms with Crippen molar-refractivity contribution in [1.29, 1.82) is 0 Å². The Labute approximate surface area is 160 Å². The molecule has 1 spiro atoms. The van der Waals surface area contributed by atoms with Gasteiger partial charge in [-0.05, 0) is 31.7 Å². The molecule has 0 aliphatic carbocycles. The summed E-state index contributed by atoms with van der Waals surface area (Å²) in [7, 11) is 1.98. The van der Waals surface area contributed by atoms with Gasteiger partial charge in [-0.1, -0.05) is 18.2 Å². The molecule has 0 bridgehead atoms. The summed E-state index contributed by atoms with van der Waals surface area (Å²) in [6.45, 7) is 6.84. The van der Waals surface area contributed by atoms with E-state index in [0.29, 0.717) is 24.7 Å². The Morgan fingerprint density at radius 2 is 2.11 bits per heavy atom. The molecule has 3 heterocycles. The van der Waals surface area contributed by atoms with Crippen molar-refractivity contribution in [3.63, 3.8) is 0 Å². The molecule has 2 aromatic rings. The van der Waals surface area contributed by atoms with Gasteiger partial charge in [0, 0.05) is 50.1 Å². The smallest absolute Gasteiger partial charge is 0.128 e. The van der Waals surface area contributed by atoms with Crippen LogP contribution in [0.1, 0.15) is 29.7 Å². The number of benzene rings is 1. The minimum Gasteiger partial charge on any atom is -0.377 e. The molecular weight excluding hydrogens is 345 g/mol. The Hall–Kier alpha value is -1.76. The minimum absolute atomic E-state index is 0.0340. The summed E-state index contributed by atoms with van der Waals surface area (Å²) in [5.41, 5.74) is 3.18. The second-order valence-corrected chi connectivity index (χ2v) is 8.02. The van der Waals surface area contributed by atoms with Crippen LogP contribution in [0.25, 0.3) is 0 Å². The second kappa shape index (κ2) is 7.70. The third-order valence-electron chi connectivity index (χ3n) is 5.93. The first-order chi connectivity index (χ1) is 13.0. The van der Waals surface area contributed by atoms with Gasteiger partial charge in [-0.25, -0.2) is 4.39 Å². The van der Waals surface area contributed by atoms with Crippen molar-refractivity contribution in [3.8, 4) is 0 Å². The molecule has 146 valence electrons. The summed E-state index contributed by atoms with van der Waals surface area (Å²) in [5, 5.41) is 4.32. The van der Waals surface area contributed by atoms with E-state index in [0.717, 1.165) is 39.1 Å². The molecule has 1 aromatic carbocycles. The lowest BCUT2D eigenvalue weighted by atomic mass is 9.86. The van der Waals surface area contributed by atoms with E-state index in [-0.39, 0.29) is 11.4 Å². The van der Waals surface area contributed by atoms with Crippen molar-refractivity contribution < 1.29 is 13.9 Å². The van der Waals surface area contributed by atoms with Crippen molar-refractivity contribution in [2.45, 2.75) is 38.5 Å². The maximum Gasteiger partial charge on any atom is 0.128 e. The van der Waals surface area contributed by atoms with Gasteiger partial charge < -0.3 is 9.47 Å². The highest BCUT2D eigenvalue weighted by molar-refractivity contribution is 5.17. The third kappa shape index (κ3) is 4.08. The number of aromatic nitrogens is 2. The molecule has 2 saturated heterocycles. The number of ether oxygens (including phenoxy) is 2. The predicted octanol–water partition coefficient (Wildman–Crippen LogP) is 3.07. The Kier molecular flexibility index (Phi) is 5.30. The zero-order valence-corrected chi connectivity index (χ0v) is 16.2. The van der Waals surface area contributed by atoms with Crippen LogP contribution in [0.2, 0.25) is 0 Å². The summed E-state index contributed by atoms with van der Waals surface area (Å²) in [5.74, 6) is 0.340. The fourth-order valence-corrected chi connectivity index (χ4v) is 4.21. The van der Waals surface area contributed by atoms with E-state index in [1.54, 1.807) is 12.1 Å². The summed E-state index contributed by atoms with van der Waals surface area (Å²) in [6.07, 6.45) is 4.03. The number of aryl methyl sites for hydroxylation is 1. The Bertz CT molecular complexity index is 785. The van der Waals surface area contributed by atoms with Crippen LogP contribution in [-0.2, 0) is 29.7 Å². The number of hydrogen-bond donors (Lipinski definition) is 0. The fourth-order valence-electron chi connectivity index (χ4n) is 4.21.